The fraction of sp³-hybridized carbons (Fsp3) is 0.478. The molecule has 0 aliphatic carbocycles. The number of aromatic carboxylic acids is 1. The maximum absolute atomic E-state index is 13.4. The van der Waals surface area contributed by atoms with E-state index in [1.54, 1.807) is 24.4 Å². The lowest BCUT2D eigenvalue weighted by Crippen LogP contribution is -2.44. The maximum atomic E-state index is 13.4. The van der Waals surface area contributed by atoms with Crippen LogP contribution in [0.4, 0.5) is 10.1 Å². The molecule has 2 aromatic rings. The summed E-state index contributed by atoms with van der Waals surface area (Å²) in [6.45, 7) is 6.16. The molecule has 1 unspecified atom stereocenters. The van der Waals surface area contributed by atoms with E-state index in [1.807, 2.05) is 13.0 Å². The van der Waals surface area contributed by atoms with Crippen molar-refractivity contribution in [2.75, 3.05) is 31.1 Å². The third-order valence-electron chi connectivity index (χ3n) is 6.36. The monoisotopic (exact) mass is 397 g/mol. The van der Waals surface area contributed by atoms with Gasteiger partial charge in [0, 0.05) is 43.8 Å². The van der Waals surface area contributed by atoms with Gasteiger partial charge in [0.05, 0.1) is 5.56 Å². The summed E-state index contributed by atoms with van der Waals surface area (Å²) >= 11 is 0. The van der Waals surface area contributed by atoms with Crippen molar-refractivity contribution in [2.24, 2.45) is 5.92 Å². The van der Waals surface area contributed by atoms with Crippen LogP contribution in [0.3, 0.4) is 0 Å². The smallest absolute Gasteiger partial charge is 0.337 e. The first kappa shape index (κ1) is 19.8. The number of rotatable bonds is 5. The first-order chi connectivity index (χ1) is 14.0. The Morgan fingerprint density at radius 2 is 1.97 bits per heavy atom. The van der Waals surface area contributed by atoms with Crippen molar-refractivity contribution in [1.82, 2.24) is 9.88 Å². The zero-order chi connectivity index (χ0) is 20.4. The molecule has 2 aliphatic heterocycles. The van der Waals surface area contributed by atoms with E-state index in [2.05, 4.69) is 14.8 Å². The van der Waals surface area contributed by atoms with Crippen LogP contribution in [0.2, 0.25) is 0 Å². The van der Waals surface area contributed by atoms with E-state index in [1.165, 1.54) is 6.20 Å². The van der Waals surface area contributed by atoms with Crippen molar-refractivity contribution in [3.8, 4) is 0 Å². The number of carboxylic acid groups (broad SMARTS) is 1. The molecule has 2 fully saturated rings. The van der Waals surface area contributed by atoms with E-state index in [-0.39, 0.29) is 11.4 Å². The number of pyridine rings is 1. The Balaban J connectivity index is 1.30. The van der Waals surface area contributed by atoms with Crippen LogP contribution in [0, 0.1) is 18.7 Å². The third-order valence-corrected chi connectivity index (χ3v) is 6.36. The number of hydrogen-bond acceptors (Lipinski definition) is 4. The minimum Gasteiger partial charge on any atom is -0.478 e. The number of halogens is 1. The van der Waals surface area contributed by atoms with Crippen LogP contribution in [0.5, 0.6) is 0 Å². The molecule has 6 heteroatoms. The van der Waals surface area contributed by atoms with Crippen molar-refractivity contribution in [3.05, 3.63) is 59.2 Å². The van der Waals surface area contributed by atoms with Crippen LogP contribution in [0.15, 0.2) is 36.7 Å². The fourth-order valence-corrected chi connectivity index (χ4v) is 4.86. The molecular formula is C23H28FN3O2. The highest BCUT2D eigenvalue weighted by atomic mass is 19.1. The van der Waals surface area contributed by atoms with Crippen LogP contribution in [-0.2, 0) is 6.42 Å². The molecule has 1 aromatic heterocycles. The van der Waals surface area contributed by atoms with Gasteiger partial charge >= 0.3 is 5.97 Å². The number of carbonyl (C=O) groups is 1. The molecule has 2 aliphatic rings. The molecule has 2 saturated heterocycles. The van der Waals surface area contributed by atoms with Gasteiger partial charge in [0.15, 0.2) is 0 Å². The first-order valence-corrected chi connectivity index (χ1v) is 10.4. The number of hydrogen-bond donors (Lipinski definition) is 1. The molecule has 1 atom stereocenters. The normalized spacial score (nSPS) is 20.9. The van der Waals surface area contributed by atoms with E-state index in [9.17, 15) is 9.18 Å². The highest BCUT2D eigenvalue weighted by molar-refractivity contribution is 5.87. The van der Waals surface area contributed by atoms with Crippen LogP contribution < -0.4 is 4.90 Å². The molecular weight excluding hydrogens is 369 g/mol. The van der Waals surface area contributed by atoms with Crippen molar-refractivity contribution >= 4 is 11.7 Å². The molecule has 0 bridgehead atoms. The molecule has 4 rings (SSSR count). The van der Waals surface area contributed by atoms with Gasteiger partial charge in [-0.1, -0.05) is 0 Å². The van der Waals surface area contributed by atoms with Gasteiger partial charge < -0.3 is 10.0 Å². The second kappa shape index (κ2) is 8.49. The predicted octanol–water partition coefficient (Wildman–Crippen LogP) is 3.76. The minimum absolute atomic E-state index is 0.173. The fourth-order valence-electron chi connectivity index (χ4n) is 4.86. The summed E-state index contributed by atoms with van der Waals surface area (Å²) in [5, 5.41) is 9.15. The number of aromatic nitrogens is 1. The predicted molar refractivity (Wildman–Crippen MR) is 111 cm³/mol. The van der Waals surface area contributed by atoms with Gasteiger partial charge in [0.2, 0.25) is 0 Å². The quantitative estimate of drug-likeness (QED) is 0.833. The number of carboxylic acids is 1. The lowest BCUT2D eigenvalue weighted by molar-refractivity contribution is 0.0696. The van der Waals surface area contributed by atoms with Gasteiger partial charge in [-0.15, -0.1) is 0 Å². The molecule has 0 spiro atoms. The first-order valence-electron chi connectivity index (χ1n) is 10.4. The van der Waals surface area contributed by atoms with Crippen molar-refractivity contribution in [3.63, 3.8) is 0 Å². The Kier molecular flexibility index (Phi) is 5.81. The van der Waals surface area contributed by atoms with Crippen LogP contribution in [0.1, 0.15) is 40.7 Å². The third kappa shape index (κ3) is 4.58. The molecule has 3 heterocycles. The second-order valence-electron chi connectivity index (χ2n) is 8.39. The Hall–Kier alpha value is -2.47. The SMILES string of the molecule is Cc1cc(F)ccc1N1CCC(N2CCC(Cc3cncc(C(=O)O)c3)C2)CC1. The van der Waals surface area contributed by atoms with Crippen LogP contribution in [0.25, 0.3) is 0 Å². The number of benzene rings is 1. The van der Waals surface area contributed by atoms with E-state index in [0.717, 1.165) is 68.7 Å². The number of aryl methyl sites for hydroxylation is 1. The van der Waals surface area contributed by atoms with E-state index >= 15 is 0 Å². The van der Waals surface area contributed by atoms with E-state index in [0.29, 0.717) is 12.0 Å². The second-order valence-corrected chi connectivity index (χ2v) is 8.39. The van der Waals surface area contributed by atoms with Crippen molar-refractivity contribution < 1.29 is 14.3 Å². The molecule has 0 radical (unpaired) electrons. The Labute approximate surface area is 171 Å². The zero-order valence-corrected chi connectivity index (χ0v) is 16.9. The van der Waals surface area contributed by atoms with E-state index < -0.39 is 5.97 Å². The summed E-state index contributed by atoms with van der Waals surface area (Å²) in [5.74, 6) is -0.540. The molecule has 5 nitrogen and oxygen atoms in total. The average Bonchev–Trinajstić information content (AvgIpc) is 3.17. The Morgan fingerprint density at radius 3 is 2.69 bits per heavy atom. The number of anilines is 1. The summed E-state index contributed by atoms with van der Waals surface area (Å²) in [5.41, 5.74) is 3.43. The lowest BCUT2D eigenvalue weighted by atomic mass is 9.98. The van der Waals surface area contributed by atoms with Gasteiger partial charge in [-0.05, 0) is 80.5 Å². The molecule has 1 N–H and O–H groups in total. The van der Waals surface area contributed by atoms with Crippen LogP contribution >= 0.6 is 0 Å². The maximum Gasteiger partial charge on any atom is 0.337 e. The largest absolute Gasteiger partial charge is 0.478 e. The molecule has 154 valence electrons. The highest BCUT2D eigenvalue weighted by Gasteiger charge is 2.31. The molecule has 29 heavy (non-hydrogen) atoms. The van der Waals surface area contributed by atoms with Crippen molar-refractivity contribution in [2.45, 2.75) is 38.6 Å². The lowest BCUT2D eigenvalue weighted by Gasteiger charge is -2.38. The summed E-state index contributed by atoms with van der Waals surface area (Å²) in [6.07, 6.45) is 7.48. The zero-order valence-electron chi connectivity index (χ0n) is 16.9. The van der Waals surface area contributed by atoms with Gasteiger partial charge in [-0.2, -0.15) is 0 Å². The minimum atomic E-state index is -0.921. The van der Waals surface area contributed by atoms with Gasteiger partial charge in [-0.3, -0.25) is 9.88 Å². The average molecular weight is 397 g/mol. The van der Waals surface area contributed by atoms with Crippen LogP contribution in [-0.4, -0.2) is 53.2 Å². The Morgan fingerprint density at radius 1 is 1.17 bits per heavy atom. The van der Waals surface area contributed by atoms with Gasteiger partial charge in [0.1, 0.15) is 5.82 Å². The Bertz CT molecular complexity index is 880. The summed E-state index contributed by atoms with van der Waals surface area (Å²) < 4.78 is 13.4. The molecule has 0 saturated carbocycles. The summed E-state index contributed by atoms with van der Waals surface area (Å²) in [6, 6.07) is 7.41. The number of nitrogens with zero attached hydrogens (tertiary/aromatic N) is 3. The van der Waals surface area contributed by atoms with Gasteiger partial charge in [-0.25, -0.2) is 9.18 Å². The summed E-state index contributed by atoms with van der Waals surface area (Å²) in [4.78, 5) is 20.2. The number of piperidine rings is 1. The van der Waals surface area contributed by atoms with E-state index in [4.69, 9.17) is 5.11 Å². The van der Waals surface area contributed by atoms with Crippen molar-refractivity contribution in [1.29, 1.82) is 0 Å². The topological polar surface area (TPSA) is 56.7 Å². The number of likely N-dealkylation sites (tertiary alicyclic amines) is 1. The highest BCUT2D eigenvalue weighted by Crippen LogP contribution is 2.29. The summed E-state index contributed by atoms with van der Waals surface area (Å²) in [7, 11) is 0. The molecule has 0 amide bonds. The van der Waals surface area contributed by atoms with Gasteiger partial charge in [0.25, 0.3) is 0 Å². The molecule has 1 aromatic carbocycles. The standard InChI is InChI=1S/C23H28FN3O2/c1-16-10-20(24)2-3-22(16)26-8-5-21(6-9-26)27-7-4-17(15-27)11-18-12-19(23(28)29)14-25-13-18/h2-3,10,12-14,17,21H,4-9,11,15H2,1H3,(H,28,29).